The van der Waals surface area contributed by atoms with Crippen LogP contribution in [0.2, 0.25) is 0 Å². The van der Waals surface area contributed by atoms with E-state index in [1.165, 1.54) is 0 Å². The van der Waals surface area contributed by atoms with Gasteiger partial charge in [-0.05, 0) is 31.0 Å². The summed E-state index contributed by atoms with van der Waals surface area (Å²) in [6.07, 6.45) is 5.99. The number of piperazine rings is 1. The molecule has 2 fully saturated rings. The summed E-state index contributed by atoms with van der Waals surface area (Å²) in [6, 6.07) is 7.62. The van der Waals surface area contributed by atoms with Crippen LogP contribution < -0.4 is 20.1 Å². The summed E-state index contributed by atoms with van der Waals surface area (Å²) in [5, 5.41) is 0.729. The molecule has 2 aliphatic rings. The highest BCUT2D eigenvalue weighted by molar-refractivity contribution is 5.93. The van der Waals surface area contributed by atoms with Gasteiger partial charge in [0, 0.05) is 30.7 Å². The van der Waals surface area contributed by atoms with Crippen molar-refractivity contribution in [3.8, 4) is 11.5 Å². The molecule has 9 nitrogen and oxygen atoms in total. The molecule has 1 saturated carbocycles. The number of methoxy groups -OCH3 is 2. The molecule has 2 aromatic heterocycles. The Kier molecular flexibility index (Phi) is 5.24. The highest BCUT2D eigenvalue weighted by Gasteiger charge is 2.41. The largest absolute Gasteiger partial charge is 0.493 e. The third-order valence-corrected chi connectivity index (χ3v) is 6.64. The minimum absolute atomic E-state index is 0.0577. The van der Waals surface area contributed by atoms with Crippen LogP contribution in [0.25, 0.3) is 10.9 Å². The van der Waals surface area contributed by atoms with Gasteiger partial charge in [-0.15, -0.1) is 0 Å². The van der Waals surface area contributed by atoms with Gasteiger partial charge in [-0.2, -0.15) is 4.98 Å². The fourth-order valence-corrected chi connectivity index (χ4v) is 5.08. The van der Waals surface area contributed by atoms with Gasteiger partial charge in [0.1, 0.15) is 11.5 Å². The molecule has 0 radical (unpaired) electrons. The SMILES string of the molecule is COc1cc2nc(N3CCN(C(=O)c4ccc[nH]4)[C@H]4CCCC[C@H]43)nc(N)c2cc1OC. The first-order chi connectivity index (χ1) is 15.6. The van der Waals surface area contributed by atoms with Crippen LogP contribution in [0, 0.1) is 0 Å². The molecule has 9 heteroatoms. The van der Waals surface area contributed by atoms with Crippen molar-refractivity contribution >= 4 is 28.6 Å². The van der Waals surface area contributed by atoms with E-state index in [-0.39, 0.29) is 18.0 Å². The van der Waals surface area contributed by atoms with Crippen LogP contribution in [0.1, 0.15) is 36.2 Å². The summed E-state index contributed by atoms with van der Waals surface area (Å²) in [5.41, 5.74) is 7.69. The number of nitrogens with two attached hydrogens (primary N) is 1. The second kappa shape index (κ2) is 8.22. The molecule has 1 aromatic carbocycles. The zero-order valence-corrected chi connectivity index (χ0v) is 18.4. The fraction of sp³-hybridized carbons (Fsp3) is 0.435. The van der Waals surface area contributed by atoms with Crippen LogP contribution >= 0.6 is 0 Å². The molecule has 3 aromatic rings. The number of nitrogen functional groups attached to an aromatic ring is 1. The van der Waals surface area contributed by atoms with E-state index in [0.717, 1.165) is 31.1 Å². The van der Waals surface area contributed by atoms with Crippen LogP contribution in [-0.4, -0.2) is 65.2 Å². The van der Waals surface area contributed by atoms with E-state index in [2.05, 4.69) is 14.9 Å². The lowest BCUT2D eigenvalue weighted by Gasteiger charge is -2.49. The summed E-state index contributed by atoms with van der Waals surface area (Å²) < 4.78 is 10.8. The second-order valence-corrected chi connectivity index (χ2v) is 8.33. The number of fused-ring (bicyclic) bond motifs is 2. The number of rotatable bonds is 4. The van der Waals surface area contributed by atoms with Crippen LogP contribution in [0.5, 0.6) is 11.5 Å². The number of aromatic nitrogens is 3. The molecule has 0 unspecified atom stereocenters. The number of nitrogens with zero attached hydrogens (tertiary/aromatic N) is 4. The van der Waals surface area contributed by atoms with Crippen molar-refractivity contribution in [3.05, 3.63) is 36.2 Å². The van der Waals surface area contributed by atoms with Crippen molar-refractivity contribution in [2.45, 2.75) is 37.8 Å². The van der Waals surface area contributed by atoms with Crippen molar-refractivity contribution < 1.29 is 14.3 Å². The molecule has 0 bridgehead atoms. The summed E-state index contributed by atoms with van der Waals surface area (Å²) in [7, 11) is 3.19. The first-order valence-corrected chi connectivity index (χ1v) is 11.0. The third kappa shape index (κ3) is 3.37. The van der Waals surface area contributed by atoms with Crippen LogP contribution in [-0.2, 0) is 0 Å². The maximum absolute atomic E-state index is 13.1. The summed E-state index contributed by atoms with van der Waals surface area (Å²) in [5.74, 6) is 2.25. The van der Waals surface area contributed by atoms with Gasteiger partial charge in [-0.1, -0.05) is 12.8 Å². The number of anilines is 2. The molecule has 1 aliphatic heterocycles. The fourth-order valence-electron chi connectivity index (χ4n) is 5.08. The quantitative estimate of drug-likeness (QED) is 0.647. The Labute approximate surface area is 186 Å². The van der Waals surface area contributed by atoms with Gasteiger partial charge in [-0.25, -0.2) is 4.98 Å². The molecule has 3 N–H and O–H groups in total. The van der Waals surface area contributed by atoms with Gasteiger partial charge < -0.3 is 30.0 Å². The van der Waals surface area contributed by atoms with Gasteiger partial charge in [0.05, 0.1) is 31.8 Å². The molecule has 32 heavy (non-hydrogen) atoms. The van der Waals surface area contributed by atoms with Crippen molar-refractivity contribution in [2.75, 3.05) is 37.9 Å². The van der Waals surface area contributed by atoms with Crippen molar-refractivity contribution in [3.63, 3.8) is 0 Å². The number of benzene rings is 1. The van der Waals surface area contributed by atoms with Crippen LogP contribution in [0.15, 0.2) is 30.5 Å². The number of carbonyl (C=O) groups excluding carboxylic acids is 1. The monoisotopic (exact) mass is 436 g/mol. The van der Waals surface area contributed by atoms with E-state index >= 15 is 0 Å². The number of hydrogen-bond donors (Lipinski definition) is 2. The first-order valence-electron chi connectivity index (χ1n) is 11.0. The number of carbonyl (C=O) groups is 1. The average Bonchev–Trinajstić information content (AvgIpc) is 3.37. The highest BCUT2D eigenvalue weighted by Crippen LogP contribution is 2.37. The normalized spacial score (nSPS) is 20.8. The molecule has 3 heterocycles. The number of hydrogen-bond acceptors (Lipinski definition) is 7. The average molecular weight is 437 g/mol. The predicted octanol–water partition coefficient (Wildman–Crippen LogP) is 2.83. The Morgan fingerprint density at radius 2 is 1.84 bits per heavy atom. The highest BCUT2D eigenvalue weighted by atomic mass is 16.5. The summed E-state index contributed by atoms with van der Waals surface area (Å²) in [4.78, 5) is 29.9. The first kappa shape index (κ1) is 20.4. The predicted molar refractivity (Wildman–Crippen MR) is 122 cm³/mol. The molecule has 1 saturated heterocycles. The molecule has 1 aliphatic carbocycles. The summed E-state index contributed by atoms with van der Waals surface area (Å²) >= 11 is 0. The number of H-pyrrole nitrogens is 1. The van der Waals surface area contributed by atoms with Crippen LogP contribution in [0.3, 0.4) is 0 Å². The third-order valence-electron chi connectivity index (χ3n) is 6.64. The Morgan fingerprint density at radius 1 is 1.09 bits per heavy atom. The lowest BCUT2D eigenvalue weighted by molar-refractivity contribution is 0.0534. The van der Waals surface area contributed by atoms with Gasteiger partial charge in [0.15, 0.2) is 11.5 Å². The standard InChI is InChI=1S/C23H28N6O3/c1-31-19-12-14-16(13-20(19)32-2)26-23(27-21(14)24)29-11-10-28(17-7-3-4-8-18(17)29)22(30)15-6-5-9-25-15/h5-6,9,12-13,17-18,25H,3-4,7-8,10-11H2,1-2H3,(H2,24,26,27)/t17-,18+/m0/s1. The molecule has 2 atom stereocenters. The number of nitrogens with one attached hydrogen (secondary N) is 1. The zero-order chi connectivity index (χ0) is 22.2. The molecular weight excluding hydrogens is 408 g/mol. The maximum atomic E-state index is 13.1. The van der Waals surface area contributed by atoms with Crippen molar-refractivity contribution in [2.24, 2.45) is 0 Å². The van der Waals surface area contributed by atoms with Gasteiger partial charge >= 0.3 is 0 Å². The Bertz CT molecular complexity index is 1130. The van der Waals surface area contributed by atoms with E-state index in [1.807, 2.05) is 29.2 Å². The number of amides is 1. The Morgan fingerprint density at radius 3 is 2.56 bits per heavy atom. The lowest BCUT2D eigenvalue weighted by Crippen LogP contribution is -2.62. The van der Waals surface area contributed by atoms with Gasteiger partial charge in [0.25, 0.3) is 5.91 Å². The number of ether oxygens (including phenoxy) is 2. The lowest BCUT2D eigenvalue weighted by atomic mass is 9.86. The zero-order valence-electron chi connectivity index (χ0n) is 18.4. The maximum Gasteiger partial charge on any atom is 0.270 e. The minimum Gasteiger partial charge on any atom is -0.493 e. The van der Waals surface area contributed by atoms with E-state index in [0.29, 0.717) is 47.6 Å². The molecule has 0 spiro atoms. The van der Waals surface area contributed by atoms with Gasteiger partial charge in [0.2, 0.25) is 5.95 Å². The van der Waals surface area contributed by atoms with Gasteiger partial charge in [-0.3, -0.25) is 4.79 Å². The van der Waals surface area contributed by atoms with E-state index in [9.17, 15) is 4.79 Å². The number of aromatic amines is 1. The summed E-state index contributed by atoms with van der Waals surface area (Å²) in [6.45, 7) is 1.28. The smallest absolute Gasteiger partial charge is 0.270 e. The van der Waals surface area contributed by atoms with E-state index in [4.69, 9.17) is 20.2 Å². The van der Waals surface area contributed by atoms with Crippen molar-refractivity contribution in [1.82, 2.24) is 19.9 Å². The molecule has 1 amide bonds. The van der Waals surface area contributed by atoms with Crippen molar-refractivity contribution in [1.29, 1.82) is 0 Å². The van der Waals surface area contributed by atoms with E-state index in [1.54, 1.807) is 20.4 Å². The van der Waals surface area contributed by atoms with Crippen LogP contribution in [0.4, 0.5) is 11.8 Å². The molecular formula is C23H28N6O3. The molecule has 5 rings (SSSR count). The molecule has 168 valence electrons. The van der Waals surface area contributed by atoms with E-state index < -0.39 is 0 Å². The Balaban J connectivity index is 1.50. The second-order valence-electron chi connectivity index (χ2n) is 8.33. The minimum atomic E-state index is 0.0577. The topological polar surface area (TPSA) is 110 Å². The Hall–Kier alpha value is -3.49.